The van der Waals surface area contributed by atoms with Gasteiger partial charge >= 0.3 is 35.8 Å². The molecule has 10 N–H and O–H groups in total. The largest absolute Gasteiger partial charge is 0.473 e. The van der Waals surface area contributed by atoms with Crippen molar-refractivity contribution < 1.29 is 59.4 Å². The Bertz CT molecular complexity index is 1740. The number of nitrogens with zero attached hydrogens (tertiary/aromatic N) is 2. The first-order valence-corrected chi connectivity index (χ1v) is 18.5. The molecule has 18 nitrogen and oxygen atoms in total. The first kappa shape index (κ1) is 52.2. The molecule has 0 aliphatic heterocycles. The Labute approximate surface area is 344 Å². The van der Waals surface area contributed by atoms with E-state index < -0.39 is 35.8 Å². The second kappa shape index (κ2) is 29.4. The number of carbonyl (C=O) groups is 6. The first-order chi connectivity index (χ1) is 27.3. The van der Waals surface area contributed by atoms with Crippen molar-refractivity contribution in [1.82, 2.24) is 20.6 Å². The quantitative estimate of drug-likeness (QED) is 0.0543. The standard InChI is InChI=1S/2C16H22ClN3.3C2H2O4/c2*1-3-18-9-4-5-12(2)20-15-8-10-19-16-11-13(17)6-7-14(15)16;3*3-1(4)2(5)6/h2*6-8,10-12,18H,3-5,9H2,1-2H3,(H,19,20);3*(H,3,4)(H,5,6). The summed E-state index contributed by atoms with van der Waals surface area (Å²) in [4.78, 5) is 63.3. The number of carboxylic acid groups (broad SMARTS) is 6. The summed E-state index contributed by atoms with van der Waals surface area (Å²) in [5, 5.41) is 61.9. The number of aliphatic carboxylic acids is 6. The number of pyridine rings is 2. The third-order valence-electron chi connectivity index (χ3n) is 7.24. The van der Waals surface area contributed by atoms with Crippen LogP contribution < -0.4 is 21.3 Å². The fourth-order valence-electron chi connectivity index (χ4n) is 4.59. The van der Waals surface area contributed by atoms with Gasteiger partial charge in [0, 0.05) is 56.7 Å². The Morgan fingerprint density at radius 3 is 1.14 bits per heavy atom. The molecule has 318 valence electrons. The summed E-state index contributed by atoms with van der Waals surface area (Å²) in [6.07, 6.45) is 8.29. The molecular formula is C38H50Cl2N6O12. The molecule has 4 rings (SSSR count). The lowest BCUT2D eigenvalue weighted by atomic mass is 10.1. The zero-order valence-corrected chi connectivity index (χ0v) is 33.9. The van der Waals surface area contributed by atoms with Gasteiger partial charge in [0.2, 0.25) is 0 Å². The van der Waals surface area contributed by atoms with Crippen molar-refractivity contribution in [1.29, 1.82) is 0 Å². The molecule has 2 aromatic heterocycles. The van der Waals surface area contributed by atoms with Gasteiger partial charge in [0.05, 0.1) is 11.0 Å². The van der Waals surface area contributed by atoms with E-state index in [9.17, 15) is 0 Å². The number of aromatic nitrogens is 2. The molecule has 20 heteroatoms. The number of fused-ring (bicyclic) bond motifs is 2. The van der Waals surface area contributed by atoms with Crippen molar-refractivity contribution >= 4 is 92.2 Å². The van der Waals surface area contributed by atoms with Crippen LogP contribution >= 0.6 is 23.2 Å². The van der Waals surface area contributed by atoms with Gasteiger partial charge in [-0.1, -0.05) is 37.0 Å². The summed E-state index contributed by atoms with van der Waals surface area (Å²) in [6.45, 7) is 12.9. The minimum absolute atomic E-state index is 0.440. The van der Waals surface area contributed by atoms with Gasteiger partial charge in [-0.05, 0) is 114 Å². The molecule has 2 heterocycles. The lowest BCUT2D eigenvalue weighted by Crippen LogP contribution is -2.19. The molecule has 4 aromatic rings. The third kappa shape index (κ3) is 23.3. The highest BCUT2D eigenvalue weighted by molar-refractivity contribution is 6.31. The van der Waals surface area contributed by atoms with E-state index in [1.54, 1.807) is 0 Å². The van der Waals surface area contributed by atoms with Crippen LogP contribution in [0.5, 0.6) is 0 Å². The molecule has 2 unspecified atom stereocenters. The summed E-state index contributed by atoms with van der Waals surface area (Å²) in [6, 6.07) is 16.6. The van der Waals surface area contributed by atoms with E-state index in [-0.39, 0.29) is 0 Å². The maximum Gasteiger partial charge on any atom is 0.414 e. The lowest BCUT2D eigenvalue weighted by Gasteiger charge is -2.16. The summed E-state index contributed by atoms with van der Waals surface area (Å²) in [5.41, 5.74) is 4.12. The summed E-state index contributed by atoms with van der Waals surface area (Å²) < 4.78 is 0. The third-order valence-corrected chi connectivity index (χ3v) is 7.71. The zero-order valence-electron chi connectivity index (χ0n) is 32.4. The van der Waals surface area contributed by atoms with Gasteiger partial charge in [0.15, 0.2) is 0 Å². The van der Waals surface area contributed by atoms with Gasteiger partial charge in [-0.2, -0.15) is 0 Å². The van der Waals surface area contributed by atoms with E-state index in [4.69, 9.17) is 82.6 Å². The second-order valence-corrected chi connectivity index (χ2v) is 12.8. The number of hydrogen-bond acceptors (Lipinski definition) is 12. The van der Waals surface area contributed by atoms with Crippen molar-refractivity contribution in [3.8, 4) is 0 Å². The minimum atomic E-state index is -1.82. The Kier molecular flexibility index (Phi) is 26.5. The molecule has 0 aliphatic carbocycles. The van der Waals surface area contributed by atoms with Crippen molar-refractivity contribution in [3.63, 3.8) is 0 Å². The van der Waals surface area contributed by atoms with Gasteiger partial charge < -0.3 is 51.9 Å². The average molecular weight is 854 g/mol. The van der Waals surface area contributed by atoms with Gasteiger partial charge in [-0.3, -0.25) is 9.97 Å². The van der Waals surface area contributed by atoms with E-state index >= 15 is 0 Å². The van der Waals surface area contributed by atoms with Gasteiger partial charge in [-0.15, -0.1) is 0 Å². The van der Waals surface area contributed by atoms with Gasteiger partial charge in [-0.25, -0.2) is 28.8 Å². The highest BCUT2D eigenvalue weighted by atomic mass is 35.5. The number of carboxylic acids is 6. The van der Waals surface area contributed by atoms with Crippen LogP contribution in [0.2, 0.25) is 10.0 Å². The van der Waals surface area contributed by atoms with Crippen LogP contribution in [0.25, 0.3) is 21.8 Å². The Morgan fingerprint density at radius 2 is 0.862 bits per heavy atom. The highest BCUT2D eigenvalue weighted by Gasteiger charge is 2.09. The van der Waals surface area contributed by atoms with Crippen LogP contribution in [0.4, 0.5) is 11.4 Å². The Hall–Kier alpha value is -5.82. The SMILES string of the molecule is CCNCCCC(C)Nc1ccnc2cc(Cl)ccc12.CCNCCCC(C)Nc1ccnc2cc(Cl)ccc12.O=C(O)C(=O)O.O=C(O)C(=O)O.O=C(O)C(=O)O. The topological polar surface area (TPSA) is 298 Å². The fraction of sp³-hybridized carbons (Fsp3) is 0.368. The zero-order chi connectivity index (χ0) is 44.2. The molecule has 0 spiro atoms. The lowest BCUT2D eigenvalue weighted by molar-refractivity contribution is -0.159. The molecule has 0 fully saturated rings. The normalized spacial score (nSPS) is 10.9. The van der Waals surface area contributed by atoms with Gasteiger partial charge in [0.25, 0.3) is 0 Å². The number of anilines is 2. The maximum atomic E-state index is 9.10. The monoisotopic (exact) mass is 852 g/mol. The molecule has 0 amide bonds. The molecule has 0 radical (unpaired) electrons. The van der Waals surface area contributed by atoms with Crippen LogP contribution in [0.15, 0.2) is 60.9 Å². The van der Waals surface area contributed by atoms with Crippen molar-refractivity contribution in [2.24, 2.45) is 0 Å². The van der Waals surface area contributed by atoms with Crippen LogP contribution in [0, 0.1) is 0 Å². The molecule has 0 bridgehead atoms. The molecule has 0 saturated carbocycles. The second-order valence-electron chi connectivity index (χ2n) is 12.0. The van der Waals surface area contributed by atoms with E-state index in [1.165, 1.54) is 12.8 Å². The molecular weight excluding hydrogens is 803 g/mol. The molecule has 2 atom stereocenters. The summed E-state index contributed by atoms with van der Waals surface area (Å²) >= 11 is 12.0. The van der Waals surface area contributed by atoms with Crippen molar-refractivity contribution in [2.75, 3.05) is 36.8 Å². The smallest absolute Gasteiger partial charge is 0.414 e. The predicted molar refractivity (Wildman–Crippen MR) is 221 cm³/mol. The Morgan fingerprint density at radius 1 is 0.552 bits per heavy atom. The molecule has 58 heavy (non-hydrogen) atoms. The number of rotatable bonds is 14. The molecule has 0 saturated heterocycles. The first-order valence-electron chi connectivity index (χ1n) is 17.8. The van der Waals surface area contributed by atoms with Crippen molar-refractivity contribution in [3.05, 3.63) is 71.0 Å². The van der Waals surface area contributed by atoms with E-state index in [2.05, 4.69) is 58.9 Å². The predicted octanol–water partition coefficient (Wildman–Crippen LogP) is 5.62. The van der Waals surface area contributed by atoms with Crippen molar-refractivity contribution in [2.45, 2.75) is 65.5 Å². The summed E-state index contributed by atoms with van der Waals surface area (Å²) in [7, 11) is 0. The summed E-state index contributed by atoms with van der Waals surface area (Å²) in [5.74, 6) is -10.9. The maximum absolute atomic E-state index is 9.10. The van der Waals surface area contributed by atoms with E-state index in [0.717, 1.165) is 82.2 Å². The number of halogens is 2. The average Bonchev–Trinajstić information content (AvgIpc) is 3.16. The molecule has 2 aromatic carbocycles. The van der Waals surface area contributed by atoms with Crippen LogP contribution in [0.3, 0.4) is 0 Å². The number of nitrogens with one attached hydrogen (secondary N) is 4. The number of hydrogen-bond donors (Lipinski definition) is 10. The molecule has 0 aliphatic rings. The highest BCUT2D eigenvalue weighted by Crippen LogP contribution is 2.26. The van der Waals surface area contributed by atoms with Crippen LogP contribution in [0.1, 0.15) is 53.4 Å². The van der Waals surface area contributed by atoms with Crippen LogP contribution in [-0.4, -0.2) is 115 Å². The van der Waals surface area contributed by atoms with E-state index in [1.807, 2.05) is 60.9 Å². The van der Waals surface area contributed by atoms with E-state index in [0.29, 0.717) is 12.1 Å². The van der Waals surface area contributed by atoms with Gasteiger partial charge in [0.1, 0.15) is 0 Å². The van der Waals surface area contributed by atoms with Crippen LogP contribution in [-0.2, 0) is 28.8 Å². The fourth-order valence-corrected chi connectivity index (χ4v) is 4.92. The Balaban J connectivity index is 0.000000794. The minimum Gasteiger partial charge on any atom is -0.473 e. The number of benzene rings is 2.